The number of benzene rings is 2. The number of rotatable bonds is 5. The van der Waals surface area contributed by atoms with E-state index < -0.39 is 5.97 Å². The zero-order valence-electron chi connectivity index (χ0n) is 13.7. The van der Waals surface area contributed by atoms with Crippen LogP contribution in [0.4, 0.5) is 11.4 Å². The Morgan fingerprint density at radius 3 is 2.48 bits per heavy atom. The monoisotopic (exact) mass is 402 g/mol. The summed E-state index contributed by atoms with van der Waals surface area (Å²) in [7, 11) is 0. The molecule has 3 rings (SSSR count). The van der Waals surface area contributed by atoms with Crippen LogP contribution in [-0.4, -0.2) is 31.6 Å². The number of esters is 1. The zero-order chi connectivity index (χ0) is 17.6. The van der Waals surface area contributed by atoms with Crippen LogP contribution in [0.2, 0.25) is 0 Å². The van der Waals surface area contributed by atoms with Crippen LogP contribution in [0, 0.1) is 0 Å². The Hall–Kier alpha value is -2.34. The van der Waals surface area contributed by atoms with Gasteiger partial charge in [0.05, 0.1) is 5.56 Å². The molecule has 0 saturated carbocycles. The van der Waals surface area contributed by atoms with Gasteiger partial charge in [0.15, 0.2) is 6.61 Å². The van der Waals surface area contributed by atoms with Gasteiger partial charge in [-0.05, 0) is 55.3 Å². The average molecular weight is 403 g/mol. The summed E-state index contributed by atoms with van der Waals surface area (Å²) in [5.74, 6) is -0.891. The Labute approximate surface area is 155 Å². The maximum atomic E-state index is 11.9. The van der Waals surface area contributed by atoms with Gasteiger partial charge < -0.3 is 15.0 Å². The molecule has 2 aromatic carbocycles. The molecule has 0 aliphatic carbocycles. The standard InChI is InChI=1S/C19H19BrN2O3/c20-15-5-3-4-14(12-15)19(24)25-13-18(23)21-16-6-8-17(9-7-16)22-10-1-2-11-22/h3-9,12H,1-2,10-11,13H2,(H,21,23). The van der Waals surface area contributed by atoms with Crippen LogP contribution >= 0.6 is 15.9 Å². The number of hydrogen-bond acceptors (Lipinski definition) is 4. The quantitative estimate of drug-likeness (QED) is 0.771. The van der Waals surface area contributed by atoms with Gasteiger partial charge in [0.1, 0.15) is 0 Å². The number of nitrogens with zero attached hydrogens (tertiary/aromatic N) is 1. The fourth-order valence-corrected chi connectivity index (χ4v) is 3.16. The van der Waals surface area contributed by atoms with Crippen LogP contribution < -0.4 is 10.2 Å². The fourth-order valence-electron chi connectivity index (χ4n) is 2.76. The van der Waals surface area contributed by atoms with Gasteiger partial charge >= 0.3 is 5.97 Å². The first kappa shape index (κ1) is 17.5. The lowest BCUT2D eigenvalue weighted by molar-refractivity contribution is -0.119. The van der Waals surface area contributed by atoms with Crippen LogP contribution in [0.5, 0.6) is 0 Å². The molecule has 0 atom stereocenters. The van der Waals surface area contributed by atoms with Gasteiger partial charge in [0, 0.05) is 28.9 Å². The third-order valence-corrected chi connectivity index (χ3v) is 4.51. The number of nitrogens with one attached hydrogen (secondary N) is 1. The molecule has 0 unspecified atom stereocenters. The number of anilines is 2. The molecular weight excluding hydrogens is 384 g/mol. The first-order chi connectivity index (χ1) is 12.1. The topological polar surface area (TPSA) is 58.6 Å². The fraction of sp³-hybridized carbons (Fsp3) is 0.263. The minimum absolute atomic E-state index is 0.320. The first-order valence-corrected chi connectivity index (χ1v) is 8.99. The van der Waals surface area contributed by atoms with E-state index in [0.717, 1.165) is 23.2 Å². The Kier molecular flexibility index (Phi) is 5.71. The summed E-state index contributed by atoms with van der Waals surface area (Å²) in [4.78, 5) is 26.2. The molecule has 25 heavy (non-hydrogen) atoms. The number of amides is 1. The van der Waals surface area contributed by atoms with Gasteiger partial charge in [-0.25, -0.2) is 4.79 Å². The van der Waals surface area contributed by atoms with Gasteiger partial charge in [-0.15, -0.1) is 0 Å². The maximum absolute atomic E-state index is 11.9. The van der Waals surface area contributed by atoms with E-state index >= 15 is 0 Å². The first-order valence-electron chi connectivity index (χ1n) is 8.19. The number of ether oxygens (including phenoxy) is 1. The van der Waals surface area contributed by atoms with Crippen molar-refractivity contribution in [3.8, 4) is 0 Å². The number of carbonyl (C=O) groups is 2. The largest absolute Gasteiger partial charge is 0.452 e. The minimum Gasteiger partial charge on any atom is -0.452 e. The van der Waals surface area contributed by atoms with Crippen molar-refractivity contribution in [3.05, 3.63) is 58.6 Å². The molecule has 1 amide bonds. The lowest BCUT2D eigenvalue weighted by Gasteiger charge is -2.17. The van der Waals surface area contributed by atoms with Crippen molar-refractivity contribution >= 4 is 39.2 Å². The molecule has 0 radical (unpaired) electrons. The highest BCUT2D eigenvalue weighted by molar-refractivity contribution is 9.10. The predicted molar refractivity (Wildman–Crippen MR) is 101 cm³/mol. The highest BCUT2D eigenvalue weighted by Crippen LogP contribution is 2.22. The van der Waals surface area contributed by atoms with Crippen molar-refractivity contribution in [1.29, 1.82) is 0 Å². The maximum Gasteiger partial charge on any atom is 0.338 e. The van der Waals surface area contributed by atoms with Gasteiger partial charge in [-0.2, -0.15) is 0 Å². The third kappa shape index (κ3) is 4.82. The van der Waals surface area contributed by atoms with E-state index in [0.29, 0.717) is 11.3 Å². The predicted octanol–water partition coefficient (Wildman–Crippen LogP) is 3.84. The van der Waals surface area contributed by atoms with Crippen molar-refractivity contribution in [2.24, 2.45) is 0 Å². The van der Waals surface area contributed by atoms with Crippen molar-refractivity contribution in [1.82, 2.24) is 0 Å². The van der Waals surface area contributed by atoms with Crippen LogP contribution in [-0.2, 0) is 9.53 Å². The van der Waals surface area contributed by atoms with Gasteiger partial charge in [0.25, 0.3) is 5.91 Å². The van der Waals surface area contributed by atoms with Crippen molar-refractivity contribution in [3.63, 3.8) is 0 Å². The van der Waals surface area contributed by atoms with Crippen LogP contribution in [0.1, 0.15) is 23.2 Å². The molecule has 0 bridgehead atoms. The second-order valence-corrected chi connectivity index (χ2v) is 6.79. The van der Waals surface area contributed by atoms with Crippen molar-refractivity contribution in [2.45, 2.75) is 12.8 Å². The Balaban J connectivity index is 1.49. The third-order valence-electron chi connectivity index (χ3n) is 4.02. The van der Waals surface area contributed by atoms with E-state index in [4.69, 9.17) is 4.74 Å². The SMILES string of the molecule is O=C(COC(=O)c1cccc(Br)c1)Nc1ccc(N2CCCC2)cc1. The molecule has 6 heteroatoms. The second kappa shape index (κ2) is 8.16. The molecule has 2 aromatic rings. The summed E-state index contributed by atoms with van der Waals surface area (Å²) >= 11 is 3.29. The smallest absolute Gasteiger partial charge is 0.338 e. The van der Waals surface area contributed by atoms with E-state index in [1.54, 1.807) is 18.2 Å². The van der Waals surface area contributed by atoms with E-state index in [-0.39, 0.29) is 12.5 Å². The number of carbonyl (C=O) groups excluding carboxylic acids is 2. The summed E-state index contributed by atoms with van der Waals surface area (Å²) in [6, 6.07) is 14.6. The lowest BCUT2D eigenvalue weighted by Crippen LogP contribution is -2.21. The molecular formula is C19H19BrN2O3. The molecule has 1 saturated heterocycles. The summed E-state index contributed by atoms with van der Waals surface area (Å²) in [5, 5.41) is 2.73. The Morgan fingerprint density at radius 2 is 1.80 bits per heavy atom. The highest BCUT2D eigenvalue weighted by atomic mass is 79.9. The van der Waals surface area contributed by atoms with E-state index in [2.05, 4.69) is 26.1 Å². The van der Waals surface area contributed by atoms with Crippen LogP contribution in [0.3, 0.4) is 0 Å². The summed E-state index contributed by atoms with van der Waals surface area (Å²) in [5.41, 5.74) is 2.25. The molecule has 1 heterocycles. The van der Waals surface area contributed by atoms with E-state index in [1.165, 1.54) is 12.8 Å². The Morgan fingerprint density at radius 1 is 1.08 bits per heavy atom. The summed E-state index contributed by atoms with van der Waals surface area (Å²) in [6.45, 7) is 1.84. The summed E-state index contributed by atoms with van der Waals surface area (Å²) in [6.07, 6.45) is 2.45. The van der Waals surface area contributed by atoms with Gasteiger partial charge in [0.2, 0.25) is 0 Å². The minimum atomic E-state index is -0.527. The molecule has 1 aliphatic heterocycles. The van der Waals surface area contributed by atoms with E-state index in [9.17, 15) is 9.59 Å². The van der Waals surface area contributed by atoms with Crippen LogP contribution in [0.15, 0.2) is 53.0 Å². The zero-order valence-corrected chi connectivity index (χ0v) is 15.3. The second-order valence-electron chi connectivity index (χ2n) is 5.88. The van der Waals surface area contributed by atoms with Crippen LogP contribution in [0.25, 0.3) is 0 Å². The average Bonchev–Trinajstić information content (AvgIpc) is 3.15. The summed E-state index contributed by atoms with van der Waals surface area (Å²) < 4.78 is 5.82. The normalized spacial score (nSPS) is 13.6. The number of hydrogen-bond donors (Lipinski definition) is 1. The number of halogens is 1. The van der Waals surface area contributed by atoms with Crippen molar-refractivity contribution < 1.29 is 14.3 Å². The molecule has 1 N–H and O–H groups in total. The lowest BCUT2D eigenvalue weighted by atomic mass is 10.2. The van der Waals surface area contributed by atoms with E-state index in [1.807, 2.05) is 30.3 Å². The van der Waals surface area contributed by atoms with Gasteiger partial charge in [-0.1, -0.05) is 22.0 Å². The molecule has 130 valence electrons. The highest BCUT2D eigenvalue weighted by Gasteiger charge is 2.13. The molecule has 5 nitrogen and oxygen atoms in total. The molecule has 1 aliphatic rings. The molecule has 0 spiro atoms. The Bertz CT molecular complexity index is 756. The molecule has 0 aromatic heterocycles. The van der Waals surface area contributed by atoms with Gasteiger partial charge in [-0.3, -0.25) is 4.79 Å². The molecule has 1 fully saturated rings. The van der Waals surface area contributed by atoms with Crippen molar-refractivity contribution in [2.75, 3.05) is 29.9 Å².